The fourth-order valence-electron chi connectivity index (χ4n) is 2.37. The van der Waals surface area contributed by atoms with Gasteiger partial charge in [0, 0.05) is 7.05 Å². The molecule has 0 bridgehead atoms. The van der Waals surface area contributed by atoms with Gasteiger partial charge in [-0.25, -0.2) is 8.78 Å². The second kappa shape index (κ2) is 6.52. The minimum absolute atomic E-state index is 0.147. The molecule has 0 N–H and O–H groups in total. The quantitative estimate of drug-likeness (QED) is 0.479. The Bertz CT molecular complexity index is 943. The SMILES string of the molecule is Cn1nc(C(F)(F)F)cc1-c1ccc(N(C=O)c2c(F)cccc2F)s1. The number of hydrogen-bond donors (Lipinski definition) is 0. The van der Waals surface area contributed by atoms with Gasteiger partial charge in [-0.05, 0) is 30.3 Å². The van der Waals surface area contributed by atoms with Crippen molar-refractivity contribution in [3.05, 3.63) is 53.7 Å². The summed E-state index contributed by atoms with van der Waals surface area (Å²) >= 11 is 0.902. The van der Waals surface area contributed by atoms with Crippen molar-refractivity contribution in [2.24, 2.45) is 7.05 Å². The van der Waals surface area contributed by atoms with E-state index >= 15 is 0 Å². The number of amides is 1. The van der Waals surface area contributed by atoms with E-state index in [1.54, 1.807) is 0 Å². The summed E-state index contributed by atoms with van der Waals surface area (Å²) in [5.41, 5.74) is -1.46. The first-order valence-corrected chi connectivity index (χ1v) is 7.94. The van der Waals surface area contributed by atoms with Gasteiger partial charge in [0.05, 0.1) is 10.6 Å². The highest BCUT2D eigenvalue weighted by Gasteiger charge is 2.35. The van der Waals surface area contributed by atoms with Crippen LogP contribution in [0.2, 0.25) is 0 Å². The number of carbonyl (C=O) groups excluding carboxylic acids is 1. The van der Waals surface area contributed by atoms with Gasteiger partial charge < -0.3 is 0 Å². The van der Waals surface area contributed by atoms with Crippen molar-refractivity contribution in [1.29, 1.82) is 0 Å². The van der Waals surface area contributed by atoms with E-state index in [2.05, 4.69) is 5.10 Å². The molecule has 0 atom stereocenters. The van der Waals surface area contributed by atoms with Gasteiger partial charge in [-0.1, -0.05) is 6.07 Å². The number of halogens is 5. The van der Waals surface area contributed by atoms with Crippen LogP contribution < -0.4 is 4.90 Å². The molecule has 1 amide bonds. The number of hydrogen-bond acceptors (Lipinski definition) is 3. The molecule has 0 saturated carbocycles. The maximum Gasteiger partial charge on any atom is 0.435 e. The molecular formula is C16H10F5N3OS. The fraction of sp³-hybridized carbons (Fsp3) is 0.125. The van der Waals surface area contributed by atoms with E-state index in [-0.39, 0.29) is 17.1 Å². The molecule has 26 heavy (non-hydrogen) atoms. The van der Waals surface area contributed by atoms with Crippen LogP contribution in [0.4, 0.5) is 32.6 Å². The highest BCUT2D eigenvalue weighted by Crippen LogP contribution is 2.39. The van der Waals surface area contributed by atoms with Crippen LogP contribution in [-0.4, -0.2) is 16.2 Å². The molecule has 0 aliphatic rings. The Morgan fingerprint density at radius 2 is 1.81 bits per heavy atom. The molecule has 2 aromatic heterocycles. The number of benzene rings is 1. The number of nitrogens with zero attached hydrogens (tertiary/aromatic N) is 3. The molecule has 0 fully saturated rings. The average Bonchev–Trinajstić information content (AvgIpc) is 3.17. The summed E-state index contributed by atoms with van der Waals surface area (Å²) in [5, 5.41) is 3.56. The molecule has 0 spiro atoms. The van der Waals surface area contributed by atoms with Crippen LogP contribution in [-0.2, 0) is 18.0 Å². The van der Waals surface area contributed by atoms with Crippen molar-refractivity contribution in [2.45, 2.75) is 6.18 Å². The zero-order valence-electron chi connectivity index (χ0n) is 13.1. The summed E-state index contributed by atoms with van der Waals surface area (Å²) in [5.74, 6) is -1.88. The van der Waals surface area contributed by atoms with E-state index in [0.29, 0.717) is 4.88 Å². The first-order chi connectivity index (χ1) is 12.2. The van der Waals surface area contributed by atoms with Crippen molar-refractivity contribution in [2.75, 3.05) is 4.90 Å². The topological polar surface area (TPSA) is 38.1 Å². The van der Waals surface area contributed by atoms with Gasteiger partial charge in [-0.2, -0.15) is 18.3 Å². The lowest BCUT2D eigenvalue weighted by Crippen LogP contribution is -2.15. The molecule has 2 heterocycles. The third kappa shape index (κ3) is 3.19. The van der Waals surface area contributed by atoms with Crippen LogP contribution in [0.1, 0.15) is 5.69 Å². The third-order valence-corrected chi connectivity index (χ3v) is 4.64. The molecule has 0 aliphatic heterocycles. The number of carbonyl (C=O) groups is 1. The molecule has 0 radical (unpaired) electrons. The molecule has 0 saturated heterocycles. The summed E-state index contributed by atoms with van der Waals surface area (Å²) < 4.78 is 67.3. The second-order valence-corrected chi connectivity index (χ2v) is 6.28. The van der Waals surface area contributed by atoms with Crippen LogP contribution in [0.15, 0.2) is 36.4 Å². The zero-order valence-corrected chi connectivity index (χ0v) is 13.9. The predicted molar refractivity (Wildman–Crippen MR) is 86.1 cm³/mol. The number of thiophene rings is 1. The fourth-order valence-corrected chi connectivity index (χ4v) is 3.39. The van der Waals surface area contributed by atoms with Crippen molar-refractivity contribution in [3.63, 3.8) is 0 Å². The largest absolute Gasteiger partial charge is 0.435 e. The van der Waals surface area contributed by atoms with Gasteiger partial charge in [-0.3, -0.25) is 14.4 Å². The molecule has 1 aromatic carbocycles. The maximum atomic E-state index is 13.9. The highest BCUT2D eigenvalue weighted by atomic mass is 32.1. The average molecular weight is 387 g/mol. The molecule has 3 aromatic rings. The maximum absolute atomic E-state index is 13.9. The van der Waals surface area contributed by atoms with Gasteiger partial charge in [0.15, 0.2) is 5.69 Å². The zero-order chi connectivity index (χ0) is 19.1. The lowest BCUT2D eigenvalue weighted by atomic mass is 10.2. The molecular weight excluding hydrogens is 377 g/mol. The number of alkyl halides is 3. The Hall–Kier alpha value is -2.75. The van der Waals surface area contributed by atoms with Crippen LogP contribution in [0.25, 0.3) is 10.6 Å². The van der Waals surface area contributed by atoms with Gasteiger partial charge in [0.2, 0.25) is 6.41 Å². The number of rotatable bonds is 4. The first kappa shape index (κ1) is 18.1. The summed E-state index contributed by atoms with van der Waals surface area (Å²) in [7, 11) is 1.35. The lowest BCUT2D eigenvalue weighted by molar-refractivity contribution is -0.141. The van der Waals surface area contributed by atoms with E-state index in [1.165, 1.54) is 19.2 Å². The van der Waals surface area contributed by atoms with Crippen molar-refractivity contribution in [3.8, 4) is 10.6 Å². The summed E-state index contributed by atoms with van der Waals surface area (Å²) in [6.45, 7) is 0. The van der Waals surface area contributed by atoms with Gasteiger partial charge >= 0.3 is 6.18 Å². The van der Waals surface area contributed by atoms with Crippen LogP contribution in [0.3, 0.4) is 0 Å². The number of anilines is 2. The third-order valence-electron chi connectivity index (χ3n) is 3.54. The Morgan fingerprint density at radius 1 is 1.15 bits per heavy atom. The summed E-state index contributed by atoms with van der Waals surface area (Å²) in [6, 6.07) is 6.86. The van der Waals surface area contributed by atoms with Gasteiger partial charge in [-0.15, -0.1) is 11.3 Å². The molecule has 0 aliphatic carbocycles. The normalized spacial score (nSPS) is 11.6. The molecule has 0 unspecified atom stereocenters. The summed E-state index contributed by atoms with van der Waals surface area (Å²) in [4.78, 5) is 12.5. The van der Waals surface area contributed by atoms with Gasteiger partial charge in [0.25, 0.3) is 0 Å². The van der Waals surface area contributed by atoms with E-state index in [0.717, 1.165) is 45.2 Å². The minimum atomic E-state index is -4.60. The molecule has 3 rings (SSSR count). The Balaban J connectivity index is 2.02. The summed E-state index contributed by atoms with van der Waals surface area (Å²) in [6.07, 6.45) is -4.36. The van der Waals surface area contributed by atoms with Crippen molar-refractivity contribution < 1.29 is 26.7 Å². The smallest absolute Gasteiger partial charge is 0.278 e. The number of aryl methyl sites for hydroxylation is 1. The van der Waals surface area contributed by atoms with Gasteiger partial charge in [0.1, 0.15) is 22.3 Å². The van der Waals surface area contributed by atoms with Crippen LogP contribution >= 0.6 is 11.3 Å². The molecule has 4 nitrogen and oxygen atoms in total. The van der Waals surface area contributed by atoms with E-state index in [9.17, 15) is 26.7 Å². The highest BCUT2D eigenvalue weighted by molar-refractivity contribution is 7.19. The Morgan fingerprint density at radius 3 is 2.35 bits per heavy atom. The number of aromatic nitrogens is 2. The van der Waals surface area contributed by atoms with E-state index in [4.69, 9.17) is 0 Å². The van der Waals surface area contributed by atoms with Crippen molar-refractivity contribution >= 4 is 28.4 Å². The lowest BCUT2D eigenvalue weighted by Gasteiger charge is -2.16. The monoisotopic (exact) mass is 387 g/mol. The molecule has 136 valence electrons. The Labute approximate surface area is 148 Å². The van der Waals surface area contributed by atoms with E-state index in [1.807, 2.05) is 0 Å². The minimum Gasteiger partial charge on any atom is -0.278 e. The Kier molecular flexibility index (Phi) is 4.53. The number of para-hydroxylation sites is 1. The first-order valence-electron chi connectivity index (χ1n) is 7.12. The second-order valence-electron chi connectivity index (χ2n) is 5.22. The standard InChI is InChI=1S/C16H10F5N3OS/c1-23-11(7-13(22-23)16(19,20)21)12-5-6-14(26-12)24(8-25)15-9(17)3-2-4-10(15)18/h2-8H,1H3. The van der Waals surface area contributed by atoms with Crippen molar-refractivity contribution in [1.82, 2.24) is 9.78 Å². The van der Waals surface area contributed by atoms with Crippen LogP contribution in [0, 0.1) is 11.6 Å². The predicted octanol–water partition coefficient (Wildman–Crippen LogP) is 4.74. The van der Waals surface area contributed by atoms with Crippen LogP contribution in [0.5, 0.6) is 0 Å². The van der Waals surface area contributed by atoms with E-state index < -0.39 is 29.2 Å². The molecule has 10 heteroatoms.